The lowest BCUT2D eigenvalue weighted by Crippen LogP contribution is -2.49. The van der Waals surface area contributed by atoms with Crippen molar-refractivity contribution >= 4 is 18.3 Å². The normalized spacial score (nSPS) is 24.6. The average Bonchev–Trinajstić information content (AvgIpc) is 2.63. The molecule has 0 fully saturated rings. The third kappa shape index (κ3) is 1.97. The predicted molar refractivity (Wildman–Crippen MR) is 55.3 cm³/mol. The summed E-state index contributed by atoms with van der Waals surface area (Å²) >= 11 is 0. The quantitative estimate of drug-likeness (QED) is 0.349. The topological polar surface area (TPSA) is 117 Å². The molecule has 4 N–H and O–H groups in total. The predicted octanol–water partition coefficient (Wildman–Crippen LogP) is -1.33. The molecule has 0 aromatic carbocycles. The lowest BCUT2D eigenvalue weighted by Gasteiger charge is -2.25. The maximum Gasteiger partial charge on any atom is 0.358 e. The van der Waals surface area contributed by atoms with Gasteiger partial charge >= 0.3 is 5.97 Å². The van der Waals surface area contributed by atoms with Crippen LogP contribution in [0.1, 0.15) is 6.92 Å². The van der Waals surface area contributed by atoms with E-state index in [1.54, 1.807) is 6.92 Å². The van der Waals surface area contributed by atoms with Crippen molar-refractivity contribution in [3.63, 3.8) is 0 Å². The molecule has 0 aliphatic carbocycles. The number of allylic oxidation sites excluding steroid dienone is 1. The van der Waals surface area contributed by atoms with E-state index in [0.29, 0.717) is 6.29 Å². The Morgan fingerprint density at radius 2 is 2.44 bits per heavy atom. The Hall–Kier alpha value is -2.05. The SMILES string of the molecule is CCOC(=O)C1(/C(N)=C/C=O)CN=C(N)O1. The zero-order valence-corrected chi connectivity index (χ0v) is 8.80. The van der Waals surface area contributed by atoms with Gasteiger partial charge < -0.3 is 20.9 Å². The second-order valence-electron chi connectivity index (χ2n) is 3.06. The number of hydrogen-bond acceptors (Lipinski definition) is 7. The minimum Gasteiger partial charge on any atom is -0.463 e. The summed E-state index contributed by atoms with van der Waals surface area (Å²) in [5.41, 5.74) is 9.25. The molecule has 0 radical (unpaired) electrons. The minimum absolute atomic E-state index is 0.0786. The van der Waals surface area contributed by atoms with Crippen LogP contribution in [0, 0.1) is 0 Å². The Bertz CT molecular complexity index is 364. The molecule has 0 saturated heterocycles. The zero-order chi connectivity index (χ0) is 12.2. The summed E-state index contributed by atoms with van der Waals surface area (Å²) in [6, 6.07) is -0.157. The number of carbonyl (C=O) groups is 2. The standard InChI is InChI=1S/C9H13N3O4/c1-2-15-7(14)9(6(10)3-4-13)5-12-8(11)16-9/h3-4H,2,5,10H2,1H3,(H2,11,12)/b6-3-. The van der Waals surface area contributed by atoms with Gasteiger partial charge in [0.25, 0.3) is 11.6 Å². The van der Waals surface area contributed by atoms with Crippen molar-refractivity contribution in [3.05, 3.63) is 11.8 Å². The first kappa shape index (κ1) is 12.0. The van der Waals surface area contributed by atoms with Gasteiger partial charge in [0.05, 0.1) is 12.3 Å². The fraction of sp³-hybridized carbons (Fsp3) is 0.444. The van der Waals surface area contributed by atoms with Crippen LogP contribution in [0.3, 0.4) is 0 Å². The molecule has 0 aromatic rings. The second kappa shape index (κ2) is 4.65. The third-order valence-electron chi connectivity index (χ3n) is 2.06. The summed E-state index contributed by atoms with van der Waals surface area (Å²) in [5, 5.41) is 0. The van der Waals surface area contributed by atoms with E-state index < -0.39 is 11.6 Å². The summed E-state index contributed by atoms with van der Waals surface area (Å²) in [5.74, 6) is -0.713. The molecule has 7 heteroatoms. The number of aliphatic imine (C=N–C) groups is 1. The van der Waals surface area contributed by atoms with Crippen molar-refractivity contribution in [2.45, 2.75) is 12.5 Å². The van der Waals surface area contributed by atoms with E-state index in [1.165, 1.54) is 0 Å². The summed E-state index contributed by atoms with van der Waals surface area (Å²) in [6.45, 7) is 1.72. The molecule has 88 valence electrons. The molecule has 1 aliphatic heterocycles. The maximum atomic E-state index is 11.7. The Morgan fingerprint density at radius 1 is 1.75 bits per heavy atom. The molecule has 1 rings (SSSR count). The number of nitrogens with zero attached hydrogens (tertiary/aromatic N) is 1. The van der Waals surface area contributed by atoms with E-state index in [2.05, 4.69) is 4.99 Å². The van der Waals surface area contributed by atoms with Gasteiger partial charge in [0.2, 0.25) is 0 Å². The smallest absolute Gasteiger partial charge is 0.358 e. The van der Waals surface area contributed by atoms with Gasteiger partial charge in [-0.05, 0) is 6.92 Å². The first-order valence-electron chi connectivity index (χ1n) is 4.64. The second-order valence-corrected chi connectivity index (χ2v) is 3.06. The van der Waals surface area contributed by atoms with Crippen LogP contribution in [0.15, 0.2) is 16.8 Å². The van der Waals surface area contributed by atoms with Gasteiger partial charge in [0.15, 0.2) is 0 Å². The van der Waals surface area contributed by atoms with Gasteiger partial charge in [-0.15, -0.1) is 0 Å². The maximum absolute atomic E-state index is 11.7. The Balaban J connectivity index is 3.00. The van der Waals surface area contributed by atoms with E-state index in [0.717, 1.165) is 6.08 Å². The first-order valence-corrected chi connectivity index (χ1v) is 4.64. The van der Waals surface area contributed by atoms with Gasteiger partial charge in [-0.2, -0.15) is 0 Å². The molecule has 0 bridgehead atoms. The van der Waals surface area contributed by atoms with Crippen LogP contribution in [-0.2, 0) is 19.1 Å². The molecule has 0 amide bonds. The molecule has 16 heavy (non-hydrogen) atoms. The highest BCUT2D eigenvalue weighted by Gasteiger charge is 2.49. The van der Waals surface area contributed by atoms with Crippen LogP contribution < -0.4 is 11.5 Å². The van der Waals surface area contributed by atoms with Gasteiger partial charge in [-0.3, -0.25) is 4.79 Å². The highest BCUT2D eigenvalue weighted by Crippen LogP contribution is 2.25. The van der Waals surface area contributed by atoms with Crippen LogP contribution in [-0.4, -0.2) is 37.0 Å². The average molecular weight is 227 g/mol. The lowest BCUT2D eigenvalue weighted by molar-refractivity contribution is -0.157. The van der Waals surface area contributed by atoms with Crippen LogP contribution in [0.4, 0.5) is 0 Å². The van der Waals surface area contributed by atoms with Crippen molar-refractivity contribution in [2.75, 3.05) is 13.2 Å². The minimum atomic E-state index is -1.60. The molecule has 7 nitrogen and oxygen atoms in total. The molecular formula is C9H13N3O4. The number of aldehydes is 1. The number of carbonyl (C=O) groups excluding carboxylic acids is 2. The van der Waals surface area contributed by atoms with E-state index in [-0.39, 0.29) is 24.9 Å². The van der Waals surface area contributed by atoms with Crippen LogP contribution in [0.5, 0.6) is 0 Å². The van der Waals surface area contributed by atoms with Crippen LogP contribution >= 0.6 is 0 Å². The zero-order valence-electron chi connectivity index (χ0n) is 8.80. The molecule has 0 aromatic heterocycles. The molecule has 1 atom stereocenters. The van der Waals surface area contributed by atoms with Gasteiger partial charge in [-0.25, -0.2) is 9.79 Å². The van der Waals surface area contributed by atoms with E-state index in [1.807, 2.05) is 0 Å². The van der Waals surface area contributed by atoms with Crippen molar-refractivity contribution in [1.82, 2.24) is 0 Å². The van der Waals surface area contributed by atoms with Crippen LogP contribution in [0.25, 0.3) is 0 Å². The Morgan fingerprint density at radius 3 is 2.88 bits per heavy atom. The monoisotopic (exact) mass is 227 g/mol. The van der Waals surface area contributed by atoms with Gasteiger partial charge in [-0.1, -0.05) is 0 Å². The number of esters is 1. The molecular weight excluding hydrogens is 214 g/mol. The number of nitrogens with two attached hydrogens (primary N) is 2. The third-order valence-corrected chi connectivity index (χ3v) is 2.06. The van der Waals surface area contributed by atoms with Crippen molar-refractivity contribution in [3.8, 4) is 0 Å². The Labute approximate surface area is 92.1 Å². The summed E-state index contributed by atoms with van der Waals surface area (Å²) in [4.78, 5) is 25.8. The number of ether oxygens (including phenoxy) is 2. The highest BCUT2D eigenvalue weighted by molar-refractivity contribution is 5.91. The van der Waals surface area contributed by atoms with Crippen molar-refractivity contribution in [1.29, 1.82) is 0 Å². The summed E-state index contributed by atoms with van der Waals surface area (Å²) in [6.07, 6.45) is 1.47. The van der Waals surface area contributed by atoms with Gasteiger partial charge in [0, 0.05) is 6.08 Å². The molecule has 1 unspecified atom stereocenters. The number of hydrogen-bond donors (Lipinski definition) is 2. The fourth-order valence-corrected chi connectivity index (χ4v) is 1.26. The fourth-order valence-electron chi connectivity index (χ4n) is 1.26. The van der Waals surface area contributed by atoms with Crippen molar-refractivity contribution in [2.24, 2.45) is 16.5 Å². The molecule has 0 spiro atoms. The van der Waals surface area contributed by atoms with Gasteiger partial charge in [0.1, 0.15) is 12.8 Å². The van der Waals surface area contributed by atoms with Crippen LogP contribution in [0.2, 0.25) is 0 Å². The lowest BCUT2D eigenvalue weighted by atomic mass is 10.0. The Kier molecular flexibility index (Phi) is 3.49. The largest absolute Gasteiger partial charge is 0.463 e. The number of amidine groups is 1. The molecule has 0 saturated carbocycles. The first-order chi connectivity index (χ1) is 7.56. The molecule has 1 aliphatic rings. The number of rotatable bonds is 4. The summed E-state index contributed by atoms with van der Waals surface area (Å²) in [7, 11) is 0. The van der Waals surface area contributed by atoms with E-state index in [9.17, 15) is 9.59 Å². The van der Waals surface area contributed by atoms with E-state index >= 15 is 0 Å². The molecule has 1 heterocycles. The van der Waals surface area contributed by atoms with E-state index in [4.69, 9.17) is 20.9 Å². The van der Waals surface area contributed by atoms with Crippen molar-refractivity contribution < 1.29 is 19.1 Å². The summed E-state index contributed by atoms with van der Waals surface area (Å²) < 4.78 is 9.89. The highest BCUT2D eigenvalue weighted by atomic mass is 16.6.